The molecule has 0 aliphatic rings. The summed E-state index contributed by atoms with van der Waals surface area (Å²) in [5, 5.41) is 14.6. The third-order valence-electron chi connectivity index (χ3n) is 3.78. The van der Waals surface area contributed by atoms with Gasteiger partial charge in [0.15, 0.2) is 5.65 Å². The molecule has 2 aromatic rings. The van der Waals surface area contributed by atoms with E-state index in [2.05, 4.69) is 33.8 Å². The molecule has 0 aromatic carbocycles. The SMILES string of the molecule is CCC(CC)N(CCO)Cc1nc(Cl)c2cnn(C)c2n1. The molecule has 0 spiro atoms. The fourth-order valence-electron chi connectivity index (χ4n) is 2.61. The predicted octanol–water partition coefficient (Wildman–Crippen LogP) is 2.00. The van der Waals surface area contributed by atoms with Crippen LogP contribution in [0.2, 0.25) is 5.15 Å². The van der Waals surface area contributed by atoms with Crippen LogP contribution >= 0.6 is 11.6 Å². The number of rotatable bonds is 7. The van der Waals surface area contributed by atoms with Crippen molar-refractivity contribution in [2.45, 2.75) is 39.3 Å². The van der Waals surface area contributed by atoms with E-state index in [0.717, 1.165) is 23.9 Å². The van der Waals surface area contributed by atoms with Crippen molar-refractivity contribution in [3.63, 3.8) is 0 Å². The second-order valence-corrected chi connectivity index (χ2v) is 5.46. The van der Waals surface area contributed by atoms with Crippen LogP contribution in [-0.2, 0) is 13.6 Å². The summed E-state index contributed by atoms with van der Waals surface area (Å²) in [6.45, 7) is 5.61. The molecule has 2 rings (SSSR count). The highest BCUT2D eigenvalue weighted by atomic mass is 35.5. The van der Waals surface area contributed by atoms with Crippen molar-refractivity contribution in [3.05, 3.63) is 17.2 Å². The first kappa shape index (κ1) is 16.1. The van der Waals surface area contributed by atoms with E-state index >= 15 is 0 Å². The van der Waals surface area contributed by atoms with Crippen molar-refractivity contribution < 1.29 is 5.11 Å². The van der Waals surface area contributed by atoms with Gasteiger partial charge >= 0.3 is 0 Å². The molecule has 0 saturated carbocycles. The van der Waals surface area contributed by atoms with Gasteiger partial charge in [0.2, 0.25) is 0 Å². The molecule has 0 bridgehead atoms. The topological polar surface area (TPSA) is 67.1 Å². The Morgan fingerprint density at radius 3 is 2.67 bits per heavy atom. The van der Waals surface area contributed by atoms with Crippen LogP contribution in [0, 0.1) is 0 Å². The van der Waals surface area contributed by atoms with E-state index < -0.39 is 0 Å². The first-order chi connectivity index (χ1) is 10.1. The maximum absolute atomic E-state index is 9.27. The normalized spacial score (nSPS) is 12.0. The number of aliphatic hydroxyl groups is 1. The maximum atomic E-state index is 9.27. The maximum Gasteiger partial charge on any atom is 0.162 e. The highest BCUT2D eigenvalue weighted by Crippen LogP contribution is 2.20. The minimum Gasteiger partial charge on any atom is -0.395 e. The molecule has 0 aliphatic heterocycles. The lowest BCUT2D eigenvalue weighted by Gasteiger charge is -2.29. The molecular weight excluding hydrogens is 290 g/mol. The molecule has 6 nitrogen and oxygen atoms in total. The number of hydrogen-bond donors (Lipinski definition) is 1. The summed E-state index contributed by atoms with van der Waals surface area (Å²) >= 11 is 6.21. The Balaban J connectivity index is 2.29. The Hall–Kier alpha value is -1.24. The summed E-state index contributed by atoms with van der Waals surface area (Å²) in [7, 11) is 1.84. The van der Waals surface area contributed by atoms with Crippen molar-refractivity contribution in [2.75, 3.05) is 13.2 Å². The van der Waals surface area contributed by atoms with Gasteiger partial charge in [-0.05, 0) is 12.8 Å². The van der Waals surface area contributed by atoms with Gasteiger partial charge in [0, 0.05) is 19.6 Å². The number of hydrogen-bond acceptors (Lipinski definition) is 5. The molecule has 0 radical (unpaired) electrons. The lowest BCUT2D eigenvalue weighted by molar-refractivity contribution is 0.133. The lowest BCUT2D eigenvalue weighted by Crippen LogP contribution is -2.36. The van der Waals surface area contributed by atoms with Crippen LogP contribution in [0.4, 0.5) is 0 Å². The summed E-state index contributed by atoms with van der Waals surface area (Å²) < 4.78 is 1.69. The van der Waals surface area contributed by atoms with Gasteiger partial charge in [0.05, 0.1) is 24.7 Å². The molecule has 1 N–H and O–H groups in total. The van der Waals surface area contributed by atoms with Crippen LogP contribution in [0.15, 0.2) is 6.20 Å². The number of aliphatic hydroxyl groups excluding tert-OH is 1. The lowest BCUT2D eigenvalue weighted by atomic mass is 10.1. The monoisotopic (exact) mass is 311 g/mol. The Morgan fingerprint density at radius 1 is 1.33 bits per heavy atom. The highest BCUT2D eigenvalue weighted by molar-refractivity contribution is 6.33. The van der Waals surface area contributed by atoms with Gasteiger partial charge < -0.3 is 5.11 Å². The van der Waals surface area contributed by atoms with E-state index in [4.69, 9.17) is 11.6 Å². The molecule has 116 valence electrons. The van der Waals surface area contributed by atoms with Gasteiger partial charge in [-0.1, -0.05) is 25.4 Å². The second kappa shape index (κ2) is 7.15. The van der Waals surface area contributed by atoms with Gasteiger partial charge in [0.1, 0.15) is 11.0 Å². The van der Waals surface area contributed by atoms with E-state index in [9.17, 15) is 5.11 Å². The number of fused-ring (bicyclic) bond motifs is 1. The summed E-state index contributed by atoms with van der Waals surface area (Å²) in [5.74, 6) is 0.663. The van der Waals surface area contributed by atoms with Crippen LogP contribution in [-0.4, -0.2) is 48.9 Å². The molecule has 2 aromatic heterocycles. The fourth-order valence-corrected chi connectivity index (χ4v) is 2.84. The van der Waals surface area contributed by atoms with Gasteiger partial charge in [-0.2, -0.15) is 5.10 Å². The Kier molecular flexibility index (Phi) is 5.50. The third-order valence-corrected chi connectivity index (χ3v) is 4.07. The van der Waals surface area contributed by atoms with Gasteiger partial charge in [-0.3, -0.25) is 9.58 Å². The Morgan fingerprint density at radius 2 is 2.05 bits per heavy atom. The minimum atomic E-state index is 0.123. The highest BCUT2D eigenvalue weighted by Gasteiger charge is 2.18. The molecular formula is C14H22ClN5O. The van der Waals surface area contributed by atoms with Crippen LogP contribution in [0.1, 0.15) is 32.5 Å². The molecule has 21 heavy (non-hydrogen) atoms. The summed E-state index contributed by atoms with van der Waals surface area (Å²) in [6, 6.07) is 0.404. The second-order valence-electron chi connectivity index (χ2n) is 5.10. The molecule has 0 unspecified atom stereocenters. The first-order valence-corrected chi connectivity index (χ1v) is 7.67. The van der Waals surface area contributed by atoms with Crippen molar-refractivity contribution >= 4 is 22.6 Å². The number of aryl methyl sites for hydroxylation is 1. The van der Waals surface area contributed by atoms with Crippen molar-refractivity contribution in [1.29, 1.82) is 0 Å². The zero-order chi connectivity index (χ0) is 15.4. The van der Waals surface area contributed by atoms with Crippen molar-refractivity contribution in [3.8, 4) is 0 Å². The van der Waals surface area contributed by atoms with E-state index in [1.54, 1.807) is 10.9 Å². The summed E-state index contributed by atoms with van der Waals surface area (Å²) in [4.78, 5) is 11.1. The van der Waals surface area contributed by atoms with Crippen LogP contribution < -0.4 is 0 Å². The standard InChI is InChI=1S/C14H22ClN5O/c1-4-10(5-2)20(6-7-21)9-12-17-13(15)11-8-16-19(3)14(11)18-12/h8,10,21H,4-7,9H2,1-3H3. The third kappa shape index (κ3) is 3.51. The van der Waals surface area contributed by atoms with E-state index in [0.29, 0.717) is 30.1 Å². The molecule has 7 heteroatoms. The van der Waals surface area contributed by atoms with E-state index in [-0.39, 0.29) is 6.61 Å². The number of halogens is 1. The molecule has 0 saturated heterocycles. The zero-order valence-corrected chi connectivity index (χ0v) is 13.5. The van der Waals surface area contributed by atoms with Crippen LogP contribution in [0.5, 0.6) is 0 Å². The fraction of sp³-hybridized carbons (Fsp3) is 0.643. The summed E-state index contributed by atoms with van der Waals surface area (Å²) in [5.41, 5.74) is 0.735. The van der Waals surface area contributed by atoms with Gasteiger partial charge in [-0.25, -0.2) is 9.97 Å². The molecule has 2 heterocycles. The number of aromatic nitrogens is 4. The smallest absolute Gasteiger partial charge is 0.162 e. The van der Waals surface area contributed by atoms with Crippen LogP contribution in [0.3, 0.4) is 0 Å². The Labute approximate surface area is 129 Å². The average molecular weight is 312 g/mol. The van der Waals surface area contributed by atoms with Crippen molar-refractivity contribution in [1.82, 2.24) is 24.6 Å². The van der Waals surface area contributed by atoms with E-state index in [1.165, 1.54) is 0 Å². The molecule has 0 fully saturated rings. The molecule has 0 atom stereocenters. The predicted molar refractivity (Wildman–Crippen MR) is 83.2 cm³/mol. The number of nitrogens with zero attached hydrogens (tertiary/aromatic N) is 5. The average Bonchev–Trinajstić information content (AvgIpc) is 2.83. The largest absolute Gasteiger partial charge is 0.395 e. The van der Waals surface area contributed by atoms with Crippen LogP contribution in [0.25, 0.3) is 11.0 Å². The zero-order valence-electron chi connectivity index (χ0n) is 12.8. The summed E-state index contributed by atoms with van der Waals surface area (Å²) in [6.07, 6.45) is 3.73. The Bertz CT molecular complexity index is 596. The first-order valence-electron chi connectivity index (χ1n) is 7.29. The van der Waals surface area contributed by atoms with Gasteiger partial charge in [0.25, 0.3) is 0 Å². The quantitative estimate of drug-likeness (QED) is 0.792. The van der Waals surface area contributed by atoms with Gasteiger partial charge in [-0.15, -0.1) is 0 Å². The minimum absolute atomic E-state index is 0.123. The molecule has 0 amide bonds. The van der Waals surface area contributed by atoms with E-state index in [1.807, 2.05) is 7.05 Å². The molecule has 0 aliphatic carbocycles. The van der Waals surface area contributed by atoms with Crippen molar-refractivity contribution in [2.24, 2.45) is 7.05 Å².